The Labute approximate surface area is 189 Å². The van der Waals surface area contributed by atoms with Crippen LogP contribution in [0.2, 0.25) is 5.02 Å². The predicted octanol–water partition coefficient (Wildman–Crippen LogP) is 3.92. The standard InChI is InChI=1S/C20H26ClN3O2S.HI/c1-3-18(15-27(25,26)19-10-5-4-6-11-19)24-20(22-2)23-13-12-16-8-7-9-17(21)14-16;/h4-11,14,18H,3,12-13,15H2,1-2H3,(H2,22,23,24);1H. The van der Waals surface area contributed by atoms with Crippen LogP contribution in [0.1, 0.15) is 18.9 Å². The van der Waals surface area contributed by atoms with Crippen molar-refractivity contribution in [3.05, 3.63) is 65.2 Å². The number of benzene rings is 2. The van der Waals surface area contributed by atoms with Crippen molar-refractivity contribution in [2.24, 2.45) is 4.99 Å². The summed E-state index contributed by atoms with van der Waals surface area (Å²) in [5, 5.41) is 7.15. The molecule has 0 aliphatic rings. The van der Waals surface area contributed by atoms with Crippen molar-refractivity contribution in [3.8, 4) is 0 Å². The van der Waals surface area contributed by atoms with Gasteiger partial charge in [0, 0.05) is 24.7 Å². The Morgan fingerprint density at radius 1 is 1.14 bits per heavy atom. The molecule has 28 heavy (non-hydrogen) atoms. The number of nitrogens with one attached hydrogen (secondary N) is 2. The van der Waals surface area contributed by atoms with Gasteiger partial charge in [-0.2, -0.15) is 0 Å². The molecule has 2 N–H and O–H groups in total. The minimum Gasteiger partial charge on any atom is -0.356 e. The zero-order valence-electron chi connectivity index (χ0n) is 16.1. The van der Waals surface area contributed by atoms with Crippen molar-refractivity contribution in [1.82, 2.24) is 10.6 Å². The Morgan fingerprint density at radius 3 is 2.46 bits per heavy atom. The Hall–Kier alpha value is -1.32. The molecule has 0 heterocycles. The SMILES string of the molecule is CCC(CS(=O)(=O)c1ccccc1)NC(=NC)NCCc1cccc(Cl)c1.I. The Morgan fingerprint density at radius 2 is 1.86 bits per heavy atom. The van der Waals surface area contributed by atoms with Gasteiger partial charge in [-0.05, 0) is 42.7 Å². The maximum absolute atomic E-state index is 12.6. The van der Waals surface area contributed by atoms with Gasteiger partial charge >= 0.3 is 0 Å². The predicted molar refractivity (Wildman–Crippen MR) is 128 cm³/mol. The van der Waals surface area contributed by atoms with Crippen LogP contribution in [0.5, 0.6) is 0 Å². The van der Waals surface area contributed by atoms with E-state index >= 15 is 0 Å². The molecule has 0 fully saturated rings. The number of hydrogen-bond acceptors (Lipinski definition) is 3. The van der Waals surface area contributed by atoms with Crippen LogP contribution >= 0.6 is 35.6 Å². The van der Waals surface area contributed by atoms with Crippen molar-refractivity contribution in [2.75, 3.05) is 19.3 Å². The van der Waals surface area contributed by atoms with Crippen molar-refractivity contribution in [3.63, 3.8) is 0 Å². The number of halogens is 2. The highest BCUT2D eigenvalue weighted by atomic mass is 127. The van der Waals surface area contributed by atoms with Crippen LogP contribution in [0, 0.1) is 0 Å². The van der Waals surface area contributed by atoms with Crippen LogP contribution in [0.3, 0.4) is 0 Å². The fourth-order valence-electron chi connectivity index (χ4n) is 2.66. The molecule has 0 aliphatic carbocycles. The minimum absolute atomic E-state index is 0. The molecule has 2 rings (SSSR count). The first-order valence-corrected chi connectivity index (χ1v) is 11.0. The first kappa shape index (κ1) is 24.7. The highest BCUT2D eigenvalue weighted by Gasteiger charge is 2.20. The van der Waals surface area contributed by atoms with Gasteiger partial charge in [0.05, 0.1) is 10.6 Å². The summed E-state index contributed by atoms with van der Waals surface area (Å²) in [5.41, 5.74) is 1.13. The quantitative estimate of drug-likeness (QED) is 0.305. The van der Waals surface area contributed by atoms with E-state index in [0.29, 0.717) is 28.8 Å². The van der Waals surface area contributed by atoms with E-state index in [4.69, 9.17) is 11.6 Å². The third-order valence-electron chi connectivity index (χ3n) is 4.18. The van der Waals surface area contributed by atoms with Crippen LogP contribution in [0.25, 0.3) is 0 Å². The van der Waals surface area contributed by atoms with Crippen LogP contribution < -0.4 is 10.6 Å². The first-order valence-electron chi connectivity index (χ1n) is 8.94. The van der Waals surface area contributed by atoms with Gasteiger partial charge in [0.25, 0.3) is 0 Å². The number of nitrogens with zero attached hydrogens (tertiary/aromatic N) is 1. The van der Waals surface area contributed by atoms with Gasteiger partial charge in [-0.1, -0.05) is 48.9 Å². The highest BCUT2D eigenvalue weighted by molar-refractivity contribution is 14.0. The lowest BCUT2D eigenvalue weighted by Gasteiger charge is -2.20. The number of rotatable bonds is 8. The average Bonchev–Trinajstić information content (AvgIpc) is 2.67. The lowest BCUT2D eigenvalue weighted by Crippen LogP contribution is -2.46. The molecule has 0 spiro atoms. The van der Waals surface area contributed by atoms with Crippen molar-refractivity contribution >= 4 is 51.4 Å². The number of hydrogen-bond donors (Lipinski definition) is 2. The van der Waals surface area contributed by atoms with E-state index in [-0.39, 0.29) is 35.8 Å². The third-order valence-corrected chi connectivity index (χ3v) is 6.24. The normalized spacial score (nSPS) is 12.8. The summed E-state index contributed by atoms with van der Waals surface area (Å²) >= 11 is 6.00. The molecule has 0 aromatic heterocycles. The van der Waals surface area contributed by atoms with Crippen LogP contribution in [0.4, 0.5) is 0 Å². The Bertz CT molecular complexity index is 861. The minimum atomic E-state index is -3.35. The summed E-state index contributed by atoms with van der Waals surface area (Å²) in [6, 6.07) is 16.0. The third kappa shape index (κ3) is 7.97. The van der Waals surface area contributed by atoms with Gasteiger partial charge in [-0.15, -0.1) is 24.0 Å². The molecule has 0 radical (unpaired) electrons. The average molecular weight is 536 g/mol. The van der Waals surface area contributed by atoms with Crippen molar-refractivity contribution in [1.29, 1.82) is 0 Å². The van der Waals surface area contributed by atoms with Gasteiger partial charge in [-0.3, -0.25) is 4.99 Å². The summed E-state index contributed by atoms with van der Waals surface area (Å²) in [4.78, 5) is 4.54. The molecule has 0 saturated heterocycles. The largest absolute Gasteiger partial charge is 0.356 e. The van der Waals surface area contributed by atoms with Crippen molar-refractivity contribution in [2.45, 2.75) is 30.7 Å². The van der Waals surface area contributed by atoms with E-state index in [2.05, 4.69) is 15.6 Å². The molecule has 5 nitrogen and oxygen atoms in total. The Kier molecular flexibility index (Phi) is 10.8. The van der Waals surface area contributed by atoms with E-state index < -0.39 is 9.84 Å². The van der Waals surface area contributed by atoms with Crippen LogP contribution in [0.15, 0.2) is 64.5 Å². The number of aliphatic imine (C=N–C) groups is 1. The van der Waals surface area contributed by atoms with E-state index in [1.165, 1.54) is 0 Å². The number of guanidine groups is 1. The smallest absolute Gasteiger partial charge is 0.191 e. The summed E-state index contributed by atoms with van der Waals surface area (Å²) in [5.74, 6) is 0.606. The molecule has 0 saturated carbocycles. The van der Waals surface area contributed by atoms with Gasteiger partial charge in [0.15, 0.2) is 15.8 Å². The molecular formula is C20H27ClIN3O2S. The van der Waals surface area contributed by atoms with E-state index in [9.17, 15) is 8.42 Å². The highest BCUT2D eigenvalue weighted by Crippen LogP contribution is 2.13. The fraction of sp³-hybridized carbons (Fsp3) is 0.350. The van der Waals surface area contributed by atoms with Gasteiger partial charge in [-0.25, -0.2) is 8.42 Å². The molecular weight excluding hydrogens is 509 g/mol. The van der Waals surface area contributed by atoms with Gasteiger partial charge in [0.1, 0.15) is 0 Å². The molecule has 1 atom stereocenters. The molecule has 1 unspecified atom stereocenters. The monoisotopic (exact) mass is 535 g/mol. The second-order valence-electron chi connectivity index (χ2n) is 6.22. The molecule has 0 aliphatic heterocycles. The fourth-order valence-corrected chi connectivity index (χ4v) is 4.48. The van der Waals surface area contributed by atoms with Crippen LogP contribution in [-0.2, 0) is 16.3 Å². The summed E-state index contributed by atoms with van der Waals surface area (Å²) in [6.45, 7) is 2.62. The lowest BCUT2D eigenvalue weighted by molar-refractivity contribution is 0.569. The number of sulfone groups is 1. The first-order chi connectivity index (χ1) is 12.9. The lowest BCUT2D eigenvalue weighted by atomic mass is 10.1. The molecule has 2 aromatic carbocycles. The van der Waals surface area contributed by atoms with Gasteiger partial charge < -0.3 is 10.6 Å². The van der Waals surface area contributed by atoms with Crippen LogP contribution in [-0.4, -0.2) is 39.8 Å². The topological polar surface area (TPSA) is 70.6 Å². The summed E-state index contributed by atoms with van der Waals surface area (Å²) in [6.07, 6.45) is 1.46. The Balaban J connectivity index is 0.00000392. The second kappa shape index (κ2) is 12.3. The maximum Gasteiger partial charge on any atom is 0.191 e. The maximum atomic E-state index is 12.6. The zero-order chi connectivity index (χ0) is 19.7. The zero-order valence-corrected chi connectivity index (χ0v) is 20.0. The molecule has 2 aromatic rings. The summed E-state index contributed by atoms with van der Waals surface area (Å²) in [7, 11) is -1.68. The van der Waals surface area contributed by atoms with E-state index in [0.717, 1.165) is 12.0 Å². The summed E-state index contributed by atoms with van der Waals surface area (Å²) < 4.78 is 25.2. The van der Waals surface area contributed by atoms with Gasteiger partial charge in [0.2, 0.25) is 0 Å². The molecule has 8 heteroatoms. The second-order valence-corrected chi connectivity index (χ2v) is 8.69. The van der Waals surface area contributed by atoms with Crippen molar-refractivity contribution < 1.29 is 8.42 Å². The van der Waals surface area contributed by atoms with E-state index in [1.54, 1.807) is 37.4 Å². The van der Waals surface area contributed by atoms with E-state index in [1.807, 2.05) is 31.2 Å². The molecule has 0 bridgehead atoms. The molecule has 0 amide bonds. The molecule has 154 valence electrons.